The second kappa shape index (κ2) is 10.6. The van der Waals surface area contributed by atoms with Gasteiger partial charge >= 0.3 is 12.4 Å². The number of carbonyl (C=O) groups excluding carboxylic acids is 1. The Hall–Kier alpha value is -1.08. The quantitative estimate of drug-likeness (QED) is 0.239. The Labute approximate surface area is 136 Å². The van der Waals surface area contributed by atoms with E-state index < -0.39 is 30.0 Å². The number of hydrogen-bond donors (Lipinski definition) is 1. The summed E-state index contributed by atoms with van der Waals surface area (Å²) in [4.78, 5) is 9.86. The first-order valence-electron chi connectivity index (χ1n) is 5.94. The third-order valence-electron chi connectivity index (χ3n) is 2.17. The fraction of sp³-hybridized carbons (Fsp3) is 0.462. The molecule has 22 heavy (non-hydrogen) atoms. The van der Waals surface area contributed by atoms with Gasteiger partial charge < -0.3 is 5.11 Å². The summed E-state index contributed by atoms with van der Waals surface area (Å²) < 4.78 is 68.1. The van der Waals surface area contributed by atoms with Crippen molar-refractivity contribution in [2.75, 3.05) is 0 Å². The van der Waals surface area contributed by atoms with Crippen molar-refractivity contribution >= 4 is 5.78 Å². The van der Waals surface area contributed by atoms with Crippen LogP contribution in [0.4, 0.5) is 26.3 Å². The number of ketones is 1. The normalized spacial score (nSPS) is 18.7. The zero-order valence-corrected chi connectivity index (χ0v) is 13.6. The zero-order valence-electron chi connectivity index (χ0n) is 11.2. The van der Waals surface area contributed by atoms with Gasteiger partial charge in [-0.25, -0.2) is 0 Å². The van der Waals surface area contributed by atoms with E-state index in [4.69, 9.17) is 5.11 Å². The molecular formula is C13H14F6IrO2. The van der Waals surface area contributed by atoms with Crippen molar-refractivity contribution in [3.63, 3.8) is 0 Å². The van der Waals surface area contributed by atoms with Crippen molar-refractivity contribution in [3.8, 4) is 0 Å². The zero-order chi connectivity index (χ0) is 16.5. The van der Waals surface area contributed by atoms with Gasteiger partial charge in [-0.05, 0) is 25.7 Å². The smallest absolute Gasteiger partial charge is 0.454 e. The number of rotatable bonds is 1. The molecule has 0 aromatic heterocycles. The predicted octanol–water partition coefficient (Wildman–Crippen LogP) is 4.79. The maximum absolute atomic E-state index is 11.4. The van der Waals surface area contributed by atoms with E-state index in [0.29, 0.717) is 0 Å². The summed E-state index contributed by atoms with van der Waals surface area (Å²) >= 11 is 0. The van der Waals surface area contributed by atoms with Gasteiger partial charge in [0, 0.05) is 26.2 Å². The number of hydrogen-bond acceptors (Lipinski definition) is 2. The average molecular weight is 508 g/mol. The Morgan fingerprint density at radius 3 is 1.36 bits per heavy atom. The van der Waals surface area contributed by atoms with Crippen molar-refractivity contribution in [3.05, 3.63) is 36.1 Å². The van der Waals surface area contributed by atoms with Crippen molar-refractivity contribution < 1.29 is 56.3 Å². The number of halogens is 6. The Morgan fingerprint density at radius 1 is 0.818 bits per heavy atom. The van der Waals surface area contributed by atoms with E-state index in [1.54, 1.807) is 0 Å². The van der Waals surface area contributed by atoms with Gasteiger partial charge in [-0.1, -0.05) is 24.3 Å². The van der Waals surface area contributed by atoms with Crippen LogP contribution in [0.1, 0.15) is 25.7 Å². The SMILES string of the molecule is C1=C\CC/C=C\CC/1.O=C(/C=C(/O)C(F)(F)F)C(F)(F)F.[Ir]. The summed E-state index contributed by atoms with van der Waals surface area (Å²) in [7, 11) is 0. The van der Waals surface area contributed by atoms with Crippen molar-refractivity contribution in [2.45, 2.75) is 38.0 Å². The number of carbonyl (C=O) groups is 1. The molecule has 0 spiro atoms. The van der Waals surface area contributed by atoms with Crippen LogP contribution in [-0.2, 0) is 24.9 Å². The molecule has 129 valence electrons. The van der Waals surface area contributed by atoms with Crippen molar-refractivity contribution in [1.82, 2.24) is 0 Å². The molecule has 0 aromatic rings. The van der Waals surface area contributed by atoms with Gasteiger partial charge in [-0.2, -0.15) is 26.3 Å². The first-order chi connectivity index (χ1) is 9.55. The van der Waals surface area contributed by atoms with Gasteiger partial charge in [-0.15, -0.1) is 0 Å². The molecule has 1 aliphatic carbocycles. The molecule has 0 heterocycles. The molecule has 0 amide bonds. The first kappa shape index (κ1) is 23.2. The van der Waals surface area contributed by atoms with E-state index >= 15 is 0 Å². The number of alkyl halides is 6. The molecule has 1 N–H and O–H groups in total. The van der Waals surface area contributed by atoms with Gasteiger partial charge in [0.25, 0.3) is 5.78 Å². The van der Waals surface area contributed by atoms with Crippen molar-refractivity contribution in [1.29, 1.82) is 0 Å². The summed E-state index contributed by atoms with van der Waals surface area (Å²) in [6.45, 7) is 0. The van der Waals surface area contributed by atoms with Gasteiger partial charge in [-0.3, -0.25) is 4.79 Å². The Bertz CT molecular complexity index is 395. The van der Waals surface area contributed by atoms with E-state index in [-0.39, 0.29) is 20.1 Å². The van der Waals surface area contributed by atoms with Crippen LogP contribution in [0.3, 0.4) is 0 Å². The Kier molecular flexibility index (Phi) is 11.2. The third kappa shape index (κ3) is 11.6. The molecule has 0 fully saturated rings. The third-order valence-corrected chi connectivity index (χ3v) is 2.17. The van der Waals surface area contributed by atoms with Crippen LogP contribution < -0.4 is 0 Å². The van der Waals surface area contributed by atoms with Gasteiger partial charge in [0.05, 0.1) is 0 Å². The van der Waals surface area contributed by atoms with E-state index in [1.807, 2.05) is 0 Å². The summed E-state index contributed by atoms with van der Waals surface area (Å²) in [5.41, 5.74) is 0. The molecule has 0 atom stereocenters. The van der Waals surface area contributed by atoms with Crippen molar-refractivity contribution in [2.24, 2.45) is 0 Å². The predicted molar refractivity (Wildman–Crippen MR) is 64.6 cm³/mol. The van der Waals surface area contributed by atoms with Gasteiger partial charge in [0.1, 0.15) is 0 Å². The molecule has 1 rings (SSSR count). The number of aliphatic hydroxyl groups excluding tert-OH is 1. The molecule has 0 unspecified atom stereocenters. The minimum Gasteiger partial charge on any atom is -0.504 e. The maximum atomic E-state index is 11.4. The summed E-state index contributed by atoms with van der Waals surface area (Å²) in [6, 6.07) is 0. The fourth-order valence-corrected chi connectivity index (χ4v) is 1.14. The first-order valence-corrected chi connectivity index (χ1v) is 5.94. The Balaban J connectivity index is 0. The van der Waals surface area contributed by atoms with Crippen LogP contribution in [0, 0.1) is 0 Å². The summed E-state index contributed by atoms with van der Waals surface area (Å²) in [5.74, 6) is -5.34. The Morgan fingerprint density at radius 2 is 1.14 bits per heavy atom. The molecule has 1 radical (unpaired) electrons. The number of allylic oxidation sites excluding steroid dienone is 6. The van der Waals surface area contributed by atoms with Crippen LogP contribution in [0.5, 0.6) is 0 Å². The minimum absolute atomic E-state index is 0. The molecular weight excluding hydrogens is 494 g/mol. The molecule has 0 aromatic carbocycles. The molecule has 1 aliphatic rings. The van der Waals surface area contributed by atoms with E-state index in [0.717, 1.165) is 0 Å². The van der Waals surface area contributed by atoms with Gasteiger partial charge in [0.15, 0.2) is 0 Å². The average Bonchev–Trinajstić information content (AvgIpc) is 2.25. The van der Waals surface area contributed by atoms with E-state index in [1.165, 1.54) is 25.7 Å². The largest absolute Gasteiger partial charge is 0.504 e. The van der Waals surface area contributed by atoms with Crippen LogP contribution >= 0.6 is 0 Å². The van der Waals surface area contributed by atoms with E-state index in [2.05, 4.69) is 24.3 Å². The second-order valence-electron chi connectivity index (χ2n) is 3.99. The molecule has 0 bridgehead atoms. The van der Waals surface area contributed by atoms with Crippen LogP contribution in [0.2, 0.25) is 0 Å². The summed E-state index contributed by atoms with van der Waals surface area (Å²) in [5, 5.41) is 7.93. The second-order valence-corrected chi connectivity index (χ2v) is 3.99. The maximum Gasteiger partial charge on any atom is 0.454 e. The van der Waals surface area contributed by atoms with Crippen LogP contribution in [0.15, 0.2) is 36.1 Å². The van der Waals surface area contributed by atoms with Gasteiger partial charge in [0.2, 0.25) is 5.76 Å². The minimum atomic E-state index is -5.42. The molecule has 0 aliphatic heterocycles. The molecule has 9 heteroatoms. The van der Waals surface area contributed by atoms with E-state index in [9.17, 15) is 31.1 Å². The number of aliphatic hydroxyl groups is 1. The molecule has 0 saturated heterocycles. The topological polar surface area (TPSA) is 37.3 Å². The monoisotopic (exact) mass is 509 g/mol. The fourth-order valence-electron chi connectivity index (χ4n) is 1.14. The molecule has 2 nitrogen and oxygen atoms in total. The standard InChI is InChI=1S/C8H12.C5H2F6O2.Ir/c1-2-4-6-8-7-5-3-1;6-4(7,8)2(12)1-3(13)5(9,10)11;/h1-2,7-8H,3-6H2;1,12H;/b2-1-,8-7-;2-1+;. The molecule has 0 saturated carbocycles. The van der Waals surface area contributed by atoms with Crippen LogP contribution in [-0.4, -0.2) is 23.2 Å². The summed E-state index contributed by atoms with van der Waals surface area (Å²) in [6.07, 6.45) is 2.32. The van der Waals surface area contributed by atoms with Crippen LogP contribution in [0.25, 0.3) is 0 Å².